The lowest BCUT2D eigenvalue weighted by molar-refractivity contribution is 0.0932. The van der Waals surface area contributed by atoms with Gasteiger partial charge in [-0.2, -0.15) is 0 Å². The van der Waals surface area contributed by atoms with Gasteiger partial charge in [-0.3, -0.25) is 14.3 Å². The summed E-state index contributed by atoms with van der Waals surface area (Å²) in [5, 5.41) is 2.95. The van der Waals surface area contributed by atoms with E-state index in [9.17, 15) is 4.79 Å². The van der Waals surface area contributed by atoms with Crippen molar-refractivity contribution in [3.05, 3.63) is 77.1 Å². The number of rotatable bonds is 4. The monoisotopic (exact) mass is 324 g/mol. The predicted molar refractivity (Wildman–Crippen MR) is 91.1 cm³/mol. The third-order valence-electron chi connectivity index (χ3n) is 3.50. The number of imidazole rings is 1. The number of benzene rings is 1. The van der Waals surface area contributed by atoms with Crippen LogP contribution in [0.15, 0.2) is 60.9 Å². The molecule has 1 aromatic carbocycles. The predicted octanol–water partition coefficient (Wildman–Crippen LogP) is 3.42. The van der Waals surface area contributed by atoms with Gasteiger partial charge in [0, 0.05) is 18.1 Å². The Hall–Kier alpha value is -2.73. The zero-order chi connectivity index (χ0) is 16.2. The van der Waals surface area contributed by atoms with Crippen LogP contribution in [0.2, 0.25) is 0 Å². The maximum atomic E-state index is 12.6. The number of nitrogens with zero attached hydrogens (tertiary/aromatic N) is 2. The average molecular weight is 324 g/mol. The Bertz CT molecular complexity index is 855. The Morgan fingerprint density at radius 1 is 1.22 bits per heavy atom. The molecule has 0 bridgehead atoms. The van der Waals surface area contributed by atoms with Crippen molar-refractivity contribution in [3.8, 4) is 5.69 Å². The molecule has 0 aliphatic rings. The number of nitrogens with one attached hydrogen (secondary N) is 2. The zero-order valence-corrected chi connectivity index (χ0v) is 13.4. The second-order valence-corrected chi connectivity index (χ2v) is 5.49. The van der Waals surface area contributed by atoms with E-state index < -0.39 is 0 Å². The van der Waals surface area contributed by atoms with Crippen molar-refractivity contribution in [2.75, 3.05) is 0 Å². The molecule has 0 spiro atoms. The van der Waals surface area contributed by atoms with E-state index >= 15 is 0 Å². The lowest BCUT2D eigenvalue weighted by Gasteiger charge is -2.14. The smallest absolute Gasteiger partial charge is 0.270 e. The van der Waals surface area contributed by atoms with Crippen LogP contribution in [-0.2, 0) is 0 Å². The number of carbonyl (C=O) groups is 1. The largest absolute Gasteiger partial charge is 0.343 e. The molecule has 0 fully saturated rings. The van der Waals surface area contributed by atoms with Gasteiger partial charge in [0.05, 0.1) is 11.7 Å². The van der Waals surface area contributed by atoms with E-state index in [1.165, 1.54) is 0 Å². The highest BCUT2D eigenvalue weighted by Crippen LogP contribution is 2.14. The molecule has 0 radical (unpaired) electrons. The minimum absolute atomic E-state index is 0.198. The number of carbonyl (C=O) groups excluding carboxylic acids is 1. The van der Waals surface area contributed by atoms with Gasteiger partial charge in [-0.1, -0.05) is 24.3 Å². The lowest BCUT2D eigenvalue weighted by atomic mass is 10.2. The maximum absolute atomic E-state index is 12.6. The summed E-state index contributed by atoms with van der Waals surface area (Å²) >= 11 is 5.30. The number of amides is 1. The number of aromatic nitrogens is 3. The highest BCUT2D eigenvalue weighted by Gasteiger charge is 2.17. The van der Waals surface area contributed by atoms with E-state index in [-0.39, 0.29) is 11.9 Å². The summed E-state index contributed by atoms with van der Waals surface area (Å²) in [6.45, 7) is 1.90. The summed E-state index contributed by atoms with van der Waals surface area (Å²) in [5.74, 6) is -0.209. The van der Waals surface area contributed by atoms with Gasteiger partial charge in [-0.25, -0.2) is 0 Å². The number of hydrogen-bond acceptors (Lipinski definition) is 3. The molecule has 0 aliphatic heterocycles. The van der Waals surface area contributed by atoms with Gasteiger partial charge in [0.25, 0.3) is 5.91 Å². The molecule has 3 aromatic rings. The standard InChI is InChI=1S/C17H16N4OS/c1-12(14-9-5-6-10-18-14)20-16(22)15-11-19-17(23)21(15)13-7-3-2-4-8-13/h2-12H,1H3,(H,19,23)(H,20,22)/t12-/m1/s1. The molecule has 3 rings (SSSR count). The summed E-state index contributed by atoms with van der Waals surface area (Å²) in [7, 11) is 0. The van der Waals surface area contributed by atoms with Gasteiger partial charge in [-0.15, -0.1) is 0 Å². The highest BCUT2D eigenvalue weighted by molar-refractivity contribution is 7.71. The highest BCUT2D eigenvalue weighted by atomic mass is 32.1. The molecule has 23 heavy (non-hydrogen) atoms. The van der Waals surface area contributed by atoms with Gasteiger partial charge in [0.1, 0.15) is 5.69 Å². The van der Waals surface area contributed by atoms with Crippen LogP contribution in [0.1, 0.15) is 29.1 Å². The number of para-hydroxylation sites is 1. The van der Waals surface area contributed by atoms with E-state index in [1.807, 2.05) is 55.5 Å². The molecule has 2 heterocycles. The van der Waals surface area contributed by atoms with E-state index in [2.05, 4.69) is 15.3 Å². The molecule has 0 saturated heterocycles. The van der Waals surface area contributed by atoms with Crippen molar-refractivity contribution in [1.82, 2.24) is 19.9 Å². The first-order chi connectivity index (χ1) is 11.2. The van der Waals surface area contributed by atoms with Crippen molar-refractivity contribution in [2.24, 2.45) is 0 Å². The van der Waals surface area contributed by atoms with Crippen molar-refractivity contribution in [3.63, 3.8) is 0 Å². The van der Waals surface area contributed by atoms with Crippen LogP contribution in [0.25, 0.3) is 5.69 Å². The lowest BCUT2D eigenvalue weighted by Crippen LogP contribution is -2.28. The Morgan fingerprint density at radius 3 is 2.65 bits per heavy atom. The third kappa shape index (κ3) is 3.22. The Balaban J connectivity index is 1.88. The fourth-order valence-electron chi connectivity index (χ4n) is 2.35. The first-order valence-corrected chi connectivity index (χ1v) is 7.65. The SMILES string of the molecule is C[C@@H](NC(=O)c1c[nH]c(=S)n1-c1ccccc1)c1ccccn1. The van der Waals surface area contributed by atoms with Crippen molar-refractivity contribution in [1.29, 1.82) is 0 Å². The van der Waals surface area contributed by atoms with Crippen LogP contribution in [0.3, 0.4) is 0 Å². The average Bonchev–Trinajstić information content (AvgIpc) is 2.98. The van der Waals surface area contributed by atoms with Gasteiger partial charge in [-0.05, 0) is 43.4 Å². The summed E-state index contributed by atoms with van der Waals surface area (Å²) < 4.78 is 2.20. The number of pyridine rings is 1. The zero-order valence-electron chi connectivity index (χ0n) is 12.6. The number of H-pyrrole nitrogens is 1. The molecule has 5 nitrogen and oxygen atoms in total. The van der Waals surface area contributed by atoms with Gasteiger partial charge < -0.3 is 10.3 Å². The molecule has 116 valence electrons. The van der Waals surface area contributed by atoms with Crippen molar-refractivity contribution in [2.45, 2.75) is 13.0 Å². The molecule has 2 N–H and O–H groups in total. The third-order valence-corrected chi connectivity index (χ3v) is 3.80. The first-order valence-electron chi connectivity index (χ1n) is 7.24. The molecule has 0 saturated carbocycles. The van der Waals surface area contributed by atoms with Crippen LogP contribution in [-0.4, -0.2) is 20.4 Å². The van der Waals surface area contributed by atoms with Gasteiger partial charge in [0.15, 0.2) is 4.77 Å². The quantitative estimate of drug-likeness (QED) is 0.723. The van der Waals surface area contributed by atoms with Crippen molar-refractivity contribution >= 4 is 18.1 Å². The van der Waals surface area contributed by atoms with Crippen molar-refractivity contribution < 1.29 is 4.79 Å². The minimum Gasteiger partial charge on any atom is -0.343 e. The molecular weight excluding hydrogens is 308 g/mol. The maximum Gasteiger partial charge on any atom is 0.270 e. The summed E-state index contributed by atoms with van der Waals surface area (Å²) in [6.07, 6.45) is 3.33. The van der Waals surface area contributed by atoms with Gasteiger partial charge in [0.2, 0.25) is 0 Å². The fourth-order valence-corrected chi connectivity index (χ4v) is 2.61. The fraction of sp³-hybridized carbons (Fsp3) is 0.118. The van der Waals surface area contributed by atoms with Crippen LogP contribution in [0.4, 0.5) is 0 Å². The molecule has 2 aromatic heterocycles. The number of hydrogen-bond donors (Lipinski definition) is 2. The normalized spacial score (nSPS) is 11.9. The van der Waals surface area contributed by atoms with Crippen LogP contribution in [0, 0.1) is 4.77 Å². The first kappa shape index (κ1) is 15.2. The second-order valence-electron chi connectivity index (χ2n) is 5.10. The van der Waals surface area contributed by atoms with Crippen LogP contribution in [0.5, 0.6) is 0 Å². The molecule has 0 unspecified atom stereocenters. The minimum atomic E-state index is -0.209. The van der Waals surface area contributed by atoms with E-state index in [4.69, 9.17) is 12.2 Å². The molecule has 1 amide bonds. The van der Waals surface area contributed by atoms with E-state index in [0.717, 1.165) is 11.4 Å². The Kier molecular flexibility index (Phi) is 4.34. The van der Waals surface area contributed by atoms with E-state index in [0.29, 0.717) is 10.5 Å². The summed E-state index contributed by atoms with van der Waals surface area (Å²) in [6, 6.07) is 15.0. The van der Waals surface area contributed by atoms with Gasteiger partial charge >= 0.3 is 0 Å². The van der Waals surface area contributed by atoms with E-state index in [1.54, 1.807) is 17.0 Å². The molecular formula is C17H16N4OS. The second kappa shape index (κ2) is 6.58. The topological polar surface area (TPSA) is 62.7 Å². The molecule has 1 atom stereocenters. The van der Waals surface area contributed by atoms with Crippen LogP contribution >= 0.6 is 12.2 Å². The van der Waals surface area contributed by atoms with Crippen LogP contribution < -0.4 is 5.32 Å². The Labute approximate surface area is 139 Å². The summed E-state index contributed by atoms with van der Waals surface area (Å²) in [4.78, 5) is 19.8. The molecule has 0 aliphatic carbocycles. The summed E-state index contributed by atoms with van der Waals surface area (Å²) in [5.41, 5.74) is 2.11. The Morgan fingerprint density at radius 2 is 1.96 bits per heavy atom. The molecule has 6 heteroatoms. The number of aromatic amines is 1.